The van der Waals surface area contributed by atoms with Crippen molar-refractivity contribution >= 4 is 23.3 Å². The van der Waals surface area contributed by atoms with Crippen molar-refractivity contribution in [2.24, 2.45) is 0 Å². The zero-order valence-electron chi connectivity index (χ0n) is 15.6. The first-order valence-corrected chi connectivity index (χ1v) is 9.74. The lowest BCUT2D eigenvalue weighted by molar-refractivity contribution is 0.182. The minimum absolute atomic E-state index is 0.128. The van der Waals surface area contributed by atoms with Crippen LogP contribution in [0.4, 0.5) is 10.5 Å². The minimum atomic E-state index is -0.163. The standard InChI is InChI=1S/C22H22ClN3O2/c1-2-28-19-11-9-18(10-12-19)24-22(27)26-15-14-25-13-3-4-20(25)21(26)16-5-7-17(23)8-6-16/h3-13,21H,2,14-15H2,1H3,(H,24,27). The number of hydrogen-bond acceptors (Lipinski definition) is 2. The zero-order chi connectivity index (χ0) is 19.5. The average Bonchev–Trinajstić information content (AvgIpc) is 3.18. The lowest BCUT2D eigenvalue weighted by Gasteiger charge is -2.37. The summed E-state index contributed by atoms with van der Waals surface area (Å²) in [5, 5.41) is 3.69. The number of ether oxygens (including phenoxy) is 1. The van der Waals surface area contributed by atoms with Gasteiger partial charge in [-0.1, -0.05) is 23.7 Å². The van der Waals surface area contributed by atoms with Crippen molar-refractivity contribution in [3.63, 3.8) is 0 Å². The highest BCUT2D eigenvalue weighted by Crippen LogP contribution is 2.33. The van der Waals surface area contributed by atoms with E-state index in [1.807, 2.05) is 66.4 Å². The summed E-state index contributed by atoms with van der Waals surface area (Å²) in [6.07, 6.45) is 2.06. The Kier molecular flexibility index (Phi) is 5.26. The van der Waals surface area contributed by atoms with Gasteiger partial charge >= 0.3 is 6.03 Å². The number of carbonyl (C=O) groups is 1. The third-order valence-electron chi connectivity index (χ3n) is 4.90. The van der Waals surface area contributed by atoms with Crippen molar-refractivity contribution in [3.05, 3.63) is 83.1 Å². The van der Waals surface area contributed by atoms with E-state index in [0.717, 1.165) is 29.2 Å². The minimum Gasteiger partial charge on any atom is -0.494 e. The number of anilines is 1. The van der Waals surface area contributed by atoms with Crippen LogP contribution in [-0.4, -0.2) is 28.6 Å². The van der Waals surface area contributed by atoms with E-state index in [1.54, 1.807) is 0 Å². The molecule has 2 heterocycles. The number of fused-ring (bicyclic) bond motifs is 1. The Balaban J connectivity index is 1.59. The van der Waals surface area contributed by atoms with E-state index in [9.17, 15) is 4.79 Å². The van der Waals surface area contributed by atoms with Crippen LogP contribution in [0.1, 0.15) is 24.2 Å². The Morgan fingerprint density at radius 1 is 1.11 bits per heavy atom. The van der Waals surface area contributed by atoms with E-state index >= 15 is 0 Å². The number of rotatable bonds is 4. The number of nitrogens with one attached hydrogen (secondary N) is 1. The third-order valence-corrected chi connectivity index (χ3v) is 5.15. The van der Waals surface area contributed by atoms with Crippen LogP contribution in [0.3, 0.4) is 0 Å². The first kappa shape index (κ1) is 18.4. The molecule has 1 aromatic heterocycles. The van der Waals surface area contributed by atoms with Gasteiger partial charge in [0.25, 0.3) is 0 Å². The lowest BCUT2D eigenvalue weighted by atomic mass is 10.0. The van der Waals surface area contributed by atoms with Crippen LogP contribution in [-0.2, 0) is 6.54 Å². The largest absolute Gasteiger partial charge is 0.494 e. The van der Waals surface area contributed by atoms with E-state index < -0.39 is 0 Å². The Morgan fingerprint density at radius 2 is 1.86 bits per heavy atom. The van der Waals surface area contributed by atoms with Crippen molar-refractivity contribution in [2.75, 3.05) is 18.5 Å². The number of benzene rings is 2. The van der Waals surface area contributed by atoms with Gasteiger partial charge in [0, 0.05) is 35.7 Å². The molecule has 0 saturated carbocycles. The Bertz CT molecular complexity index is 951. The van der Waals surface area contributed by atoms with E-state index in [4.69, 9.17) is 16.3 Å². The summed E-state index contributed by atoms with van der Waals surface area (Å²) in [6, 6.07) is 18.9. The summed E-state index contributed by atoms with van der Waals surface area (Å²) in [5.74, 6) is 0.787. The molecule has 5 nitrogen and oxygen atoms in total. The van der Waals surface area contributed by atoms with Crippen LogP contribution in [0.15, 0.2) is 66.9 Å². The van der Waals surface area contributed by atoms with Crippen LogP contribution < -0.4 is 10.1 Å². The topological polar surface area (TPSA) is 46.5 Å². The second-order valence-corrected chi connectivity index (χ2v) is 7.10. The molecule has 6 heteroatoms. The quantitative estimate of drug-likeness (QED) is 0.661. The maximum Gasteiger partial charge on any atom is 0.322 e. The second-order valence-electron chi connectivity index (χ2n) is 6.66. The summed E-state index contributed by atoms with van der Waals surface area (Å²) < 4.78 is 7.65. The van der Waals surface area contributed by atoms with Crippen molar-refractivity contribution < 1.29 is 9.53 Å². The van der Waals surface area contributed by atoms with E-state index in [-0.39, 0.29) is 12.1 Å². The number of halogens is 1. The molecule has 1 atom stereocenters. The molecule has 0 bridgehead atoms. The molecule has 0 fully saturated rings. The SMILES string of the molecule is CCOc1ccc(NC(=O)N2CCn3cccc3C2c2ccc(Cl)cc2)cc1. The number of aromatic nitrogens is 1. The van der Waals surface area contributed by atoms with Gasteiger partial charge in [0.15, 0.2) is 0 Å². The lowest BCUT2D eigenvalue weighted by Crippen LogP contribution is -2.44. The van der Waals surface area contributed by atoms with Crippen molar-refractivity contribution in [1.82, 2.24) is 9.47 Å². The molecule has 1 aliphatic heterocycles. The molecule has 1 aliphatic rings. The summed E-state index contributed by atoms with van der Waals surface area (Å²) in [4.78, 5) is 15.0. The smallest absolute Gasteiger partial charge is 0.322 e. The number of carbonyl (C=O) groups excluding carboxylic acids is 1. The number of hydrogen-bond donors (Lipinski definition) is 1. The van der Waals surface area contributed by atoms with Crippen molar-refractivity contribution in [2.45, 2.75) is 19.5 Å². The molecular formula is C22H22ClN3O2. The molecule has 144 valence electrons. The number of urea groups is 1. The second kappa shape index (κ2) is 7.98. The predicted molar refractivity (Wildman–Crippen MR) is 111 cm³/mol. The van der Waals surface area contributed by atoms with Gasteiger partial charge in [0.2, 0.25) is 0 Å². The first-order chi connectivity index (χ1) is 13.7. The monoisotopic (exact) mass is 395 g/mol. The predicted octanol–water partition coefficient (Wildman–Crippen LogP) is 5.18. The summed E-state index contributed by atoms with van der Waals surface area (Å²) in [5.41, 5.74) is 2.87. The van der Waals surface area contributed by atoms with Gasteiger partial charge in [-0.2, -0.15) is 0 Å². The van der Waals surface area contributed by atoms with Gasteiger partial charge in [-0.05, 0) is 61.0 Å². The molecule has 0 aliphatic carbocycles. The molecule has 0 radical (unpaired) electrons. The Labute approximate surface area is 169 Å². The van der Waals surface area contributed by atoms with E-state index in [2.05, 4.69) is 22.1 Å². The van der Waals surface area contributed by atoms with Gasteiger partial charge < -0.3 is 19.5 Å². The summed E-state index contributed by atoms with van der Waals surface area (Å²) in [7, 11) is 0. The zero-order valence-corrected chi connectivity index (χ0v) is 16.4. The molecule has 4 rings (SSSR count). The van der Waals surface area contributed by atoms with Gasteiger partial charge in [0.05, 0.1) is 12.6 Å². The third kappa shape index (κ3) is 3.71. The molecule has 0 spiro atoms. The Morgan fingerprint density at radius 3 is 2.57 bits per heavy atom. The number of nitrogens with zero attached hydrogens (tertiary/aromatic N) is 2. The fraction of sp³-hybridized carbons (Fsp3) is 0.227. The van der Waals surface area contributed by atoms with E-state index in [0.29, 0.717) is 18.2 Å². The van der Waals surface area contributed by atoms with Crippen LogP contribution >= 0.6 is 11.6 Å². The average molecular weight is 396 g/mol. The molecule has 0 saturated heterocycles. The molecule has 2 aromatic carbocycles. The highest BCUT2D eigenvalue weighted by atomic mass is 35.5. The molecule has 28 heavy (non-hydrogen) atoms. The van der Waals surface area contributed by atoms with Crippen LogP contribution in [0.5, 0.6) is 5.75 Å². The molecular weight excluding hydrogens is 374 g/mol. The molecule has 3 aromatic rings. The maximum absolute atomic E-state index is 13.1. The molecule has 1 N–H and O–H groups in total. The summed E-state index contributed by atoms with van der Waals surface area (Å²) >= 11 is 6.06. The van der Waals surface area contributed by atoms with Crippen molar-refractivity contribution in [3.8, 4) is 5.75 Å². The fourth-order valence-corrected chi connectivity index (χ4v) is 3.72. The first-order valence-electron chi connectivity index (χ1n) is 9.36. The highest BCUT2D eigenvalue weighted by Gasteiger charge is 2.32. The van der Waals surface area contributed by atoms with Gasteiger partial charge in [-0.25, -0.2) is 4.79 Å². The normalized spacial score (nSPS) is 15.8. The van der Waals surface area contributed by atoms with Gasteiger partial charge in [0.1, 0.15) is 5.75 Å². The van der Waals surface area contributed by atoms with Crippen molar-refractivity contribution in [1.29, 1.82) is 0 Å². The fourth-order valence-electron chi connectivity index (χ4n) is 3.59. The summed E-state index contributed by atoms with van der Waals surface area (Å²) in [6.45, 7) is 3.95. The molecule has 1 unspecified atom stereocenters. The molecule has 2 amide bonds. The van der Waals surface area contributed by atoms with Crippen LogP contribution in [0, 0.1) is 0 Å². The van der Waals surface area contributed by atoms with Crippen LogP contribution in [0.25, 0.3) is 0 Å². The van der Waals surface area contributed by atoms with E-state index in [1.165, 1.54) is 0 Å². The highest BCUT2D eigenvalue weighted by molar-refractivity contribution is 6.30. The van der Waals surface area contributed by atoms with Crippen LogP contribution in [0.2, 0.25) is 5.02 Å². The van der Waals surface area contributed by atoms with Gasteiger partial charge in [-0.3, -0.25) is 0 Å². The maximum atomic E-state index is 13.1. The Hall–Kier alpha value is -2.92. The number of amides is 2. The van der Waals surface area contributed by atoms with Gasteiger partial charge in [-0.15, -0.1) is 0 Å².